The second-order valence-corrected chi connectivity index (χ2v) is 6.26. The summed E-state index contributed by atoms with van der Waals surface area (Å²) < 4.78 is 5.36. The third kappa shape index (κ3) is 4.80. The molecule has 92 valence electrons. The lowest BCUT2D eigenvalue weighted by molar-refractivity contribution is 0.438. The second kappa shape index (κ2) is 7.25. The van der Waals surface area contributed by atoms with Crippen LogP contribution in [0.1, 0.15) is 33.5 Å². The Morgan fingerprint density at radius 3 is 2.69 bits per heavy atom. The first-order valence-corrected chi connectivity index (χ1v) is 7.58. The van der Waals surface area contributed by atoms with Gasteiger partial charge in [0.05, 0.1) is 0 Å². The van der Waals surface area contributed by atoms with E-state index in [2.05, 4.69) is 42.4 Å². The van der Waals surface area contributed by atoms with Crippen LogP contribution in [-0.2, 0) is 6.42 Å². The van der Waals surface area contributed by atoms with Gasteiger partial charge in [-0.3, -0.25) is 0 Å². The van der Waals surface area contributed by atoms with E-state index in [1.165, 1.54) is 11.5 Å². The van der Waals surface area contributed by atoms with E-state index in [4.69, 9.17) is 0 Å². The minimum absolute atomic E-state index is 0.584. The van der Waals surface area contributed by atoms with Crippen LogP contribution in [0.25, 0.3) is 0 Å². The average molecular weight is 259 g/mol. The van der Waals surface area contributed by atoms with Gasteiger partial charge in [0.2, 0.25) is 0 Å². The molecular formula is C11H21N3S2. The summed E-state index contributed by atoms with van der Waals surface area (Å²) in [6.07, 6.45) is 0.930. The molecule has 1 aromatic heterocycles. The van der Waals surface area contributed by atoms with Crippen molar-refractivity contribution in [3.05, 3.63) is 5.82 Å². The van der Waals surface area contributed by atoms with Crippen molar-refractivity contribution in [3.63, 3.8) is 0 Å². The van der Waals surface area contributed by atoms with Gasteiger partial charge in [-0.05, 0) is 24.4 Å². The third-order valence-electron chi connectivity index (χ3n) is 2.56. The summed E-state index contributed by atoms with van der Waals surface area (Å²) in [5.74, 6) is 2.73. The molecule has 1 N–H and O–H groups in total. The fourth-order valence-electron chi connectivity index (χ4n) is 1.10. The van der Waals surface area contributed by atoms with Crippen molar-refractivity contribution in [1.29, 1.82) is 0 Å². The fraction of sp³-hybridized carbons (Fsp3) is 0.818. The zero-order chi connectivity index (χ0) is 12.0. The lowest BCUT2D eigenvalue weighted by Crippen LogP contribution is -2.32. The molecule has 5 heteroatoms. The van der Waals surface area contributed by atoms with Crippen LogP contribution in [0.4, 0.5) is 0 Å². The maximum absolute atomic E-state index is 4.42. The van der Waals surface area contributed by atoms with Gasteiger partial charge in [0.15, 0.2) is 4.34 Å². The molecule has 0 aromatic carbocycles. The van der Waals surface area contributed by atoms with Gasteiger partial charge < -0.3 is 5.32 Å². The van der Waals surface area contributed by atoms with Crippen LogP contribution in [0.5, 0.6) is 0 Å². The molecule has 0 amide bonds. The molecule has 0 saturated heterocycles. The van der Waals surface area contributed by atoms with Crippen LogP contribution in [0.3, 0.4) is 0 Å². The highest BCUT2D eigenvalue weighted by Crippen LogP contribution is 2.19. The second-order valence-electron chi connectivity index (χ2n) is 4.17. The molecule has 0 spiro atoms. The number of hydrogen-bond donors (Lipinski definition) is 1. The number of nitrogens with zero attached hydrogens (tertiary/aromatic N) is 2. The first kappa shape index (κ1) is 13.9. The molecule has 1 rings (SSSR count). The van der Waals surface area contributed by atoms with Crippen molar-refractivity contribution in [3.8, 4) is 0 Å². The van der Waals surface area contributed by atoms with Gasteiger partial charge in [0.25, 0.3) is 0 Å². The van der Waals surface area contributed by atoms with E-state index in [1.807, 2.05) is 0 Å². The van der Waals surface area contributed by atoms with Gasteiger partial charge >= 0.3 is 0 Å². The van der Waals surface area contributed by atoms with Gasteiger partial charge in [0.1, 0.15) is 5.82 Å². The number of thioether (sulfide) groups is 1. The molecule has 0 aliphatic heterocycles. The topological polar surface area (TPSA) is 37.8 Å². The van der Waals surface area contributed by atoms with E-state index in [0.29, 0.717) is 12.0 Å². The van der Waals surface area contributed by atoms with Crippen molar-refractivity contribution in [2.24, 2.45) is 5.92 Å². The van der Waals surface area contributed by atoms with E-state index in [9.17, 15) is 0 Å². The number of hydrogen-bond acceptors (Lipinski definition) is 5. The molecule has 16 heavy (non-hydrogen) atoms. The maximum Gasteiger partial charge on any atom is 0.170 e. The van der Waals surface area contributed by atoms with Gasteiger partial charge in [-0.1, -0.05) is 32.5 Å². The monoisotopic (exact) mass is 259 g/mol. The standard InChI is InChI=1S/C11H21N3S2/c1-5-10-13-11(16-14-10)15-7-6-12-9(4)8(2)3/h8-9,12H,5-7H2,1-4H3. The molecule has 1 aromatic rings. The predicted octanol–water partition coefficient (Wildman–Crippen LogP) is 2.83. The zero-order valence-electron chi connectivity index (χ0n) is 10.5. The van der Waals surface area contributed by atoms with Crippen LogP contribution in [0, 0.1) is 5.92 Å². The van der Waals surface area contributed by atoms with Gasteiger partial charge in [0, 0.05) is 24.8 Å². The van der Waals surface area contributed by atoms with E-state index >= 15 is 0 Å². The van der Waals surface area contributed by atoms with Crippen LogP contribution < -0.4 is 5.32 Å². The Bertz CT molecular complexity index is 299. The molecular weight excluding hydrogens is 238 g/mol. The molecule has 0 bridgehead atoms. The van der Waals surface area contributed by atoms with E-state index < -0.39 is 0 Å². The molecule has 0 radical (unpaired) electrons. The quantitative estimate of drug-likeness (QED) is 0.603. The van der Waals surface area contributed by atoms with Crippen molar-refractivity contribution < 1.29 is 0 Å². The Morgan fingerprint density at radius 2 is 2.12 bits per heavy atom. The van der Waals surface area contributed by atoms with Crippen molar-refractivity contribution in [2.75, 3.05) is 12.3 Å². The Morgan fingerprint density at radius 1 is 1.38 bits per heavy atom. The minimum Gasteiger partial charge on any atom is -0.313 e. The summed E-state index contributed by atoms with van der Waals surface area (Å²) in [5.41, 5.74) is 0. The molecule has 1 heterocycles. The van der Waals surface area contributed by atoms with E-state index in [1.54, 1.807) is 11.8 Å². The maximum atomic E-state index is 4.42. The van der Waals surface area contributed by atoms with Crippen molar-refractivity contribution in [2.45, 2.75) is 44.5 Å². The van der Waals surface area contributed by atoms with Gasteiger partial charge in [-0.25, -0.2) is 4.98 Å². The number of rotatable bonds is 7. The third-order valence-corrected chi connectivity index (χ3v) is 4.43. The Hall–Kier alpha value is -0.130. The van der Waals surface area contributed by atoms with Crippen molar-refractivity contribution >= 4 is 23.3 Å². The lowest BCUT2D eigenvalue weighted by atomic mass is 10.1. The Balaban J connectivity index is 2.16. The summed E-state index contributed by atoms with van der Waals surface area (Å²) in [6, 6.07) is 0.584. The summed E-state index contributed by atoms with van der Waals surface area (Å²) in [6.45, 7) is 9.83. The molecule has 3 nitrogen and oxygen atoms in total. The molecule has 1 atom stereocenters. The van der Waals surface area contributed by atoms with Gasteiger partial charge in [-0.2, -0.15) is 4.37 Å². The summed E-state index contributed by atoms with van der Waals surface area (Å²) in [4.78, 5) is 4.42. The highest BCUT2D eigenvalue weighted by atomic mass is 32.2. The van der Waals surface area contributed by atoms with E-state index in [0.717, 1.165) is 28.9 Å². The summed E-state index contributed by atoms with van der Waals surface area (Å²) >= 11 is 3.31. The molecule has 0 aliphatic carbocycles. The van der Waals surface area contributed by atoms with Crippen LogP contribution in [-0.4, -0.2) is 27.7 Å². The number of aryl methyl sites for hydroxylation is 1. The number of nitrogens with one attached hydrogen (secondary N) is 1. The molecule has 0 saturated carbocycles. The first-order chi connectivity index (χ1) is 7.63. The smallest absolute Gasteiger partial charge is 0.170 e. The normalized spacial score (nSPS) is 13.3. The largest absolute Gasteiger partial charge is 0.313 e. The van der Waals surface area contributed by atoms with Crippen LogP contribution in [0.2, 0.25) is 0 Å². The number of aromatic nitrogens is 2. The lowest BCUT2D eigenvalue weighted by Gasteiger charge is -2.16. The van der Waals surface area contributed by atoms with Crippen LogP contribution in [0.15, 0.2) is 4.34 Å². The van der Waals surface area contributed by atoms with E-state index in [-0.39, 0.29) is 0 Å². The SMILES string of the molecule is CCc1nsc(SCCNC(C)C(C)C)n1. The first-order valence-electron chi connectivity index (χ1n) is 5.82. The highest BCUT2D eigenvalue weighted by Gasteiger charge is 2.06. The average Bonchev–Trinajstić information content (AvgIpc) is 2.71. The Kier molecular flexibility index (Phi) is 6.31. The molecule has 1 unspecified atom stereocenters. The molecule has 0 aliphatic rings. The van der Waals surface area contributed by atoms with Crippen LogP contribution >= 0.6 is 23.3 Å². The minimum atomic E-state index is 0.584. The Labute approximate surface area is 107 Å². The summed E-state index contributed by atoms with van der Waals surface area (Å²) in [5, 5.41) is 3.51. The fourth-order valence-corrected chi connectivity index (χ4v) is 2.74. The highest BCUT2D eigenvalue weighted by molar-refractivity contribution is 8.00. The predicted molar refractivity (Wildman–Crippen MR) is 72.3 cm³/mol. The van der Waals surface area contributed by atoms with Crippen molar-refractivity contribution in [1.82, 2.24) is 14.7 Å². The summed E-state index contributed by atoms with van der Waals surface area (Å²) in [7, 11) is 0. The van der Waals surface area contributed by atoms with Gasteiger partial charge in [-0.15, -0.1) is 0 Å². The molecule has 0 fully saturated rings. The zero-order valence-corrected chi connectivity index (χ0v) is 12.1.